The minimum absolute atomic E-state index is 0.217. The van der Waals surface area contributed by atoms with Crippen molar-refractivity contribution in [1.82, 2.24) is 14.7 Å². The van der Waals surface area contributed by atoms with Gasteiger partial charge in [0.25, 0.3) is 0 Å². The molecule has 0 aliphatic carbocycles. The third-order valence-electron chi connectivity index (χ3n) is 3.90. The van der Waals surface area contributed by atoms with Crippen LogP contribution in [-0.2, 0) is 9.53 Å². The fourth-order valence-corrected chi connectivity index (χ4v) is 2.70. The van der Waals surface area contributed by atoms with E-state index in [1.807, 2.05) is 15.8 Å². The summed E-state index contributed by atoms with van der Waals surface area (Å²) in [5, 5.41) is 4.40. The summed E-state index contributed by atoms with van der Waals surface area (Å²) >= 11 is 0. The molecule has 1 aromatic heterocycles. The summed E-state index contributed by atoms with van der Waals surface area (Å²) in [5.41, 5.74) is 0.942. The van der Waals surface area contributed by atoms with Crippen LogP contribution in [0.15, 0.2) is 12.4 Å². The Bertz CT molecular complexity index is 453. The van der Waals surface area contributed by atoms with Gasteiger partial charge in [-0.2, -0.15) is 5.10 Å². The predicted molar refractivity (Wildman–Crippen MR) is 71.2 cm³/mol. The summed E-state index contributed by atoms with van der Waals surface area (Å²) in [7, 11) is 1.73. The molecule has 3 rings (SSSR count). The van der Waals surface area contributed by atoms with Crippen molar-refractivity contribution in [3.05, 3.63) is 12.4 Å². The lowest BCUT2D eigenvalue weighted by molar-refractivity contribution is -0.117. The monoisotopic (exact) mass is 264 g/mol. The zero-order chi connectivity index (χ0) is 13.2. The average Bonchev–Trinajstić information content (AvgIpc) is 2.96. The number of methoxy groups -OCH3 is 1. The van der Waals surface area contributed by atoms with Crippen molar-refractivity contribution < 1.29 is 9.53 Å². The van der Waals surface area contributed by atoms with Gasteiger partial charge in [0.05, 0.1) is 24.5 Å². The van der Waals surface area contributed by atoms with Crippen LogP contribution in [0.4, 0.5) is 5.69 Å². The van der Waals surface area contributed by atoms with Crippen LogP contribution >= 0.6 is 0 Å². The number of aromatic nitrogens is 2. The molecule has 0 N–H and O–H groups in total. The highest BCUT2D eigenvalue weighted by Gasteiger charge is 2.29. The quantitative estimate of drug-likeness (QED) is 0.777. The van der Waals surface area contributed by atoms with Crippen LogP contribution in [0.5, 0.6) is 0 Å². The Morgan fingerprint density at radius 2 is 2.32 bits per heavy atom. The van der Waals surface area contributed by atoms with Crippen LogP contribution in [-0.4, -0.2) is 60.5 Å². The second-order valence-corrected chi connectivity index (χ2v) is 5.23. The number of carbonyl (C=O) groups excluding carboxylic acids is 1. The molecule has 0 unspecified atom stereocenters. The largest absolute Gasteiger partial charge is 0.383 e. The van der Waals surface area contributed by atoms with Crippen LogP contribution in [0.25, 0.3) is 0 Å². The lowest BCUT2D eigenvalue weighted by Gasteiger charge is -2.38. The summed E-state index contributed by atoms with van der Waals surface area (Å²) < 4.78 is 7.05. The predicted octanol–water partition coefficient (Wildman–Crippen LogP) is 0.513. The lowest BCUT2D eigenvalue weighted by Crippen LogP contribution is -2.48. The molecule has 6 heteroatoms. The van der Waals surface area contributed by atoms with Gasteiger partial charge in [0, 0.05) is 45.9 Å². The van der Waals surface area contributed by atoms with Gasteiger partial charge in [0.1, 0.15) is 0 Å². The standard InChI is InChI=1S/C13H20N4O2/c1-19-6-5-15-8-12(9-15)17-10-11(7-14-17)16-4-2-3-13(16)18/h7,10,12H,2-6,8-9H2,1H3. The van der Waals surface area contributed by atoms with E-state index in [4.69, 9.17) is 4.74 Å². The first-order chi connectivity index (χ1) is 9.28. The molecule has 1 amide bonds. The number of hydrogen-bond donors (Lipinski definition) is 0. The van der Waals surface area contributed by atoms with E-state index in [0.717, 1.165) is 44.9 Å². The molecule has 19 heavy (non-hydrogen) atoms. The SMILES string of the molecule is COCCN1CC(n2cc(N3CCCC3=O)cn2)C1. The second kappa shape index (κ2) is 5.30. The van der Waals surface area contributed by atoms with Crippen molar-refractivity contribution in [1.29, 1.82) is 0 Å². The first-order valence-electron chi connectivity index (χ1n) is 6.84. The molecule has 3 heterocycles. The molecule has 6 nitrogen and oxygen atoms in total. The van der Waals surface area contributed by atoms with Gasteiger partial charge >= 0.3 is 0 Å². The Morgan fingerprint density at radius 1 is 1.47 bits per heavy atom. The molecule has 104 valence electrons. The lowest BCUT2D eigenvalue weighted by atomic mass is 10.1. The Balaban J connectivity index is 1.56. The molecule has 1 aromatic rings. The first-order valence-corrected chi connectivity index (χ1v) is 6.84. The average molecular weight is 264 g/mol. The van der Waals surface area contributed by atoms with Crippen LogP contribution in [0, 0.1) is 0 Å². The maximum absolute atomic E-state index is 11.7. The summed E-state index contributed by atoms with van der Waals surface area (Å²) in [6.45, 7) is 4.61. The highest BCUT2D eigenvalue weighted by molar-refractivity contribution is 5.95. The number of likely N-dealkylation sites (tertiary alicyclic amines) is 1. The van der Waals surface area contributed by atoms with Gasteiger partial charge in [-0.25, -0.2) is 0 Å². The molecule has 2 aliphatic rings. The summed E-state index contributed by atoms with van der Waals surface area (Å²) in [4.78, 5) is 15.9. The molecule has 2 aliphatic heterocycles. The van der Waals surface area contributed by atoms with E-state index < -0.39 is 0 Å². The third-order valence-corrected chi connectivity index (χ3v) is 3.90. The Morgan fingerprint density at radius 3 is 3.00 bits per heavy atom. The van der Waals surface area contributed by atoms with Gasteiger partial charge in [-0.1, -0.05) is 0 Å². The molecule has 0 radical (unpaired) electrons. The van der Waals surface area contributed by atoms with E-state index in [0.29, 0.717) is 12.5 Å². The summed E-state index contributed by atoms with van der Waals surface area (Å²) in [6.07, 6.45) is 5.43. The van der Waals surface area contributed by atoms with Gasteiger partial charge < -0.3 is 9.64 Å². The first kappa shape index (κ1) is 12.6. The Labute approximate surface area is 112 Å². The maximum Gasteiger partial charge on any atom is 0.227 e. The van der Waals surface area contributed by atoms with Crippen molar-refractivity contribution in [3.8, 4) is 0 Å². The molecular weight excluding hydrogens is 244 g/mol. The van der Waals surface area contributed by atoms with Crippen molar-refractivity contribution in [2.45, 2.75) is 18.9 Å². The summed E-state index contributed by atoms with van der Waals surface area (Å²) in [5.74, 6) is 0.217. The molecule has 0 bridgehead atoms. The number of amides is 1. The van der Waals surface area contributed by atoms with Gasteiger partial charge in [0.15, 0.2) is 0 Å². The van der Waals surface area contributed by atoms with E-state index in [-0.39, 0.29) is 5.91 Å². The number of anilines is 1. The molecule has 0 atom stereocenters. The highest BCUT2D eigenvalue weighted by atomic mass is 16.5. The van der Waals surface area contributed by atoms with Crippen LogP contribution in [0.2, 0.25) is 0 Å². The summed E-state index contributed by atoms with van der Waals surface area (Å²) in [6, 6.07) is 0.434. The maximum atomic E-state index is 11.7. The molecule has 0 saturated carbocycles. The zero-order valence-electron chi connectivity index (χ0n) is 11.3. The van der Waals surface area contributed by atoms with Crippen molar-refractivity contribution in [2.75, 3.05) is 44.8 Å². The Kier molecular flexibility index (Phi) is 3.52. The molecule has 0 spiro atoms. The molecule has 0 aromatic carbocycles. The van der Waals surface area contributed by atoms with Crippen molar-refractivity contribution >= 4 is 11.6 Å². The smallest absolute Gasteiger partial charge is 0.227 e. The normalized spacial score (nSPS) is 21.1. The van der Waals surface area contributed by atoms with Crippen LogP contribution in [0.3, 0.4) is 0 Å². The molecule has 2 fully saturated rings. The second-order valence-electron chi connectivity index (χ2n) is 5.23. The highest BCUT2D eigenvalue weighted by Crippen LogP contribution is 2.25. The number of carbonyl (C=O) groups is 1. The van der Waals surface area contributed by atoms with Gasteiger partial charge in [-0.15, -0.1) is 0 Å². The fraction of sp³-hybridized carbons (Fsp3) is 0.692. The van der Waals surface area contributed by atoms with E-state index in [2.05, 4.69) is 10.00 Å². The minimum atomic E-state index is 0.217. The van der Waals surface area contributed by atoms with E-state index >= 15 is 0 Å². The minimum Gasteiger partial charge on any atom is -0.383 e. The van der Waals surface area contributed by atoms with E-state index in [9.17, 15) is 4.79 Å². The number of hydrogen-bond acceptors (Lipinski definition) is 4. The fourth-order valence-electron chi connectivity index (χ4n) is 2.70. The molecule has 2 saturated heterocycles. The number of nitrogens with zero attached hydrogens (tertiary/aromatic N) is 4. The van der Waals surface area contributed by atoms with Gasteiger partial charge in [-0.05, 0) is 6.42 Å². The van der Waals surface area contributed by atoms with Crippen molar-refractivity contribution in [2.24, 2.45) is 0 Å². The van der Waals surface area contributed by atoms with E-state index in [1.165, 1.54) is 0 Å². The van der Waals surface area contributed by atoms with E-state index in [1.54, 1.807) is 13.3 Å². The topological polar surface area (TPSA) is 50.6 Å². The molecular formula is C13H20N4O2. The van der Waals surface area contributed by atoms with Gasteiger partial charge in [-0.3, -0.25) is 14.4 Å². The van der Waals surface area contributed by atoms with Gasteiger partial charge in [0.2, 0.25) is 5.91 Å². The number of rotatable bonds is 5. The van der Waals surface area contributed by atoms with Crippen LogP contribution < -0.4 is 4.90 Å². The zero-order valence-corrected chi connectivity index (χ0v) is 11.3. The third kappa shape index (κ3) is 2.50. The Hall–Kier alpha value is -1.40. The number of ether oxygens (including phenoxy) is 1. The van der Waals surface area contributed by atoms with Crippen LogP contribution in [0.1, 0.15) is 18.9 Å². The van der Waals surface area contributed by atoms with Crippen molar-refractivity contribution in [3.63, 3.8) is 0 Å².